The van der Waals surface area contributed by atoms with Crippen LogP contribution in [0.3, 0.4) is 0 Å². The standard InChI is InChI=1S/C23H20ClF2N3O2/c1-3-20(31)29(2)18-10-8-16(21(25)22(18)26)17-9-6-15(13-28-17)19(30)11-7-14-5-4-12-27-23(14)24/h4-6,8-10,12-13H,3,7,11H2,1-2H3. The number of anilines is 1. The first kappa shape index (κ1) is 22.5. The van der Waals surface area contributed by atoms with Gasteiger partial charge in [-0.3, -0.25) is 14.6 Å². The Labute approximate surface area is 183 Å². The molecule has 1 amide bonds. The van der Waals surface area contributed by atoms with Crippen LogP contribution in [-0.4, -0.2) is 28.7 Å². The molecular formula is C23H20ClF2N3O2. The van der Waals surface area contributed by atoms with Crippen molar-refractivity contribution in [3.63, 3.8) is 0 Å². The van der Waals surface area contributed by atoms with Crippen LogP contribution in [0.15, 0.2) is 48.8 Å². The van der Waals surface area contributed by atoms with Gasteiger partial charge in [0.15, 0.2) is 17.4 Å². The van der Waals surface area contributed by atoms with E-state index in [-0.39, 0.29) is 41.5 Å². The van der Waals surface area contributed by atoms with E-state index >= 15 is 0 Å². The lowest BCUT2D eigenvalue weighted by Crippen LogP contribution is -2.26. The van der Waals surface area contributed by atoms with E-state index < -0.39 is 11.6 Å². The highest BCUT2D eigenvalue weighted by molar-refractivity contribution is 6.30. The Bertz CT molecular complexity index is 1120. The van der Waals surface area contributed by atoms with Gasteiger partial charge >= 0.3 is 0 Å². The van der Waals surface area contributed by atoms with Crippen molar-refractivity contribution < 1.29 is 18.4 Å². The van der Waals surface area contributed by atoms with Crippen molar-refractivity contribution in [3.8, 4) is 11.3 Å². The van der Waals surface area contributed by atoms with Gasteiger partial charge < -0.3 is 4.90 Å². The molecule has 0 aliphatic rings. The summed E-state index contributed by atoms with van der Waals surface area (Å²) < 4.78 is 29.2. The van der Waals surface area contributed by atoms with Gasteiger partial charge in [0.25, 0.3) is 0 Å². The predicted octanol–water partition coefficient (Wildman–Crippen LogP) is 5.26. The molecule has 160 valence electrons. The van der Waals surface area contributed by atoms with Gasteiger partial charge in [0.05, 0.1) is 11.4 Å². The lowest BCUT2D eigenvalue weighted by molar-refractivity contribution is -0.118. The third-order valence-electron chi connectivity index (χ3n) is 4.92. The number of hydrogen-bond donors (Lipinski definition) is 0. The topological polar surface area (TPSA) is 63.2 Å². The molecule has 0 bridgehead atoms. The average Bonchev–Trinajstić information content (AvgIpc) is 2.79. The van der Waals surface area contributed by atoms with Crippen molar-refractivity contribution in [2.24, 2.45) is 0 Å². The normalized spacial score (nSPS) is 10.7. The summed E-state index contributed by atoms with van der Waals surface area (Å²) in [6, 6.07) is 9.23. The molecule has 0 spiro atoms. The molecule has 1 aromatic carbocycles. The third kappa shape index (κ3) is 4.94. The maximum atomic E-state index is 14.6. The zero-order valence-corrected chi connectivity index (χ0v) is 17.8. The summed E-state index contributed by atoms with van der Waals surface area (Å²) in [6.45, 7) is 1.64. The van der Waals surface area contributed by atoms with Gasteiger partial charge in [0.2, 0.25) is 5.91 Å². The van der Waals surface area contributed by atoms with Crippen LogP contribution in [0.4, 0.5) is 14.5 Å². The van der Waals surface area contributed by atoms with Crippen LogP contribution in [0.25, 0.3) is 11.3 Å². The first-order valence-electron chi connectivity index (χ1n) is 9.67. The number of rotatable bonds is 7. The van der Waals surface area contributed by atoms with Crippen molar-refractivity contribution in [3.05, 3.63) is 76.7 Å². The minimum atomic E-state index is -1.13. The zero-order chi connectivity index (χ0) is 22.5. The van der Waals surface area contributed by atoms with E-state index in [4.69, 9.17) is 11.6 Å². The molecule has 0 aliphatic carbocycles. The highest BCUT2D eigenvalue weighted by Gasteiger charge is 2.20. The minimum absolute atomic E-state index is 0.0558. The number of nitrogens with zero attached hydrogens (tertiary/aromatic N) is 3. The van der Waals surface area contributed by atoms with E-state index in [1.165, 1.54) is 37.5 Å². The van der Waals surface area contributed by atoms with E-state index in [1.807, 2.05) is 0 Å². The van der Waals surface area contributed by atoms with Gasteiger partial charge in [0.1, 0.15) is 5.15 Å². The van der Waals surface area contributed by atoms with Gasteiger partial charge in [-0.25, -0.2) is 13.8 Å². The minimum Gasteiger partial charge on any atom is -0.313 e. The van der Waals surface area contributed by atoms with Crippen LogP contribution in [0, 0.1) is 11.6 Å². The largest absolute Gasteiger partial charge is 0.313 e. The Morgan fingerprint density at radius 3 is 2.48 bits per heavy atom. The summed E-state index contributed by atoms with van der Waals surface area (Å²) in [6.07, 6.45) is 3.72. The van der Waals surface area contributed by atoms with Crippen molar-refractivity contribution in [1.29, 1.82) is 0 Å². The number of amides is 1. The fourth-order valence-electron chi connectivity index (χ4n) is 3.08. The molecule has 0 saturated carbocycles. The Hall–Kier alpha value is -3.19. The number of benzene rings is 1. The van der Waals surface area contributed by atoms with E-state index in [0.29, 0.717) is 17.1 Å². The number of halogens is 3. The molecule has 0 fully saturated rings. The molecule has 3 rings (SSSR count). The molecule has 0 saturated heterocycles. The average molecular weight is 444 g/mol. The number of carbonyl (C=O) groups excluding carboxylic acids is 2. The fourth-order valence-corrected chi connectivity index (χ4v) is 3.30. The number of pyridine rings is 2. The highest BCUT2D eigenvalue weighted by atomic mass is 35.5. The summed E-state index contributed by atoms with van der Waals surface area (Å²) >= 11 is 6.00. The molecule has 0 unspecified atom stereocenters. The van der Waals surface area contributed by atoms with Gasteiger partial charge in [-0.2, -0.15) is 0 Å². The first-order valence-corrected chi connectivity index (χ1v) is 10.0. The van der Waals surface area contributed by atoms with Crippen molar-refractivity contribution in [2.45, 2.75) is 26.2 Å². The molecule has 3 aromatic rings. The molecule has 8 heteroatoms. The first-order chi connectivity index (χ1) is 14.8. The third-order valence-corrected chi connectivity index (χ3v) is 5.26. The number of ketones is 1. The molecule has 0 aliphatic heterocycles. The van der Waals surface area contributed by atoms with Crippen LogP contribution in [-0.2, 0) is 11.2 Å². The Morgan fingerprint density at radius 2 is 1.84 bits per heavy atom. The second-order valence-corrected chi connectivity index (χ2v) is 7.23. The van der Waals surface area contributed by atoms with E-state index in [0.717, 1.165) is 10.5 Å². The second-order valence-electron chi connectivity index (χ2n) is 6.88. The maximum absolute atomic E-state index is 14.6. The zero-order valence-electron chi connectivity index (χ0n) is 17.0. The molecule has 2 aromatic heterocycles. The van der Waals surface area contributed by atoms with Gasteiger partial charge in [-0.1, -0.05) is 24.6 Å². The predicted molar refractivity (Wildman–Crippen MR) is 115 cm³/mol. The molecular weight excluding hydrogens is 424 g/mol. The lowest BCUT2D eigenvalue weighted by Gasteiger charge is -2.18. The van der Waals surface area contributed by atoms with Gasteiger partial charge in [-0.05, 0) is 42.3 Å². The Kier molecular flexibility index (Phi) is 7.07. The van der Waals surface area contributed by atoms with Crippen LogP contribution in [0.5, 0.6) is 0 Å². The number of hydrogen-bond acceptors (Lipinski definition) is 4. The SMILES string of the molecule is CCC(=O)N(C)c1ccc(-c2ccc(C(=O)CCc3cccnc3Cl)cn2)c(F)c1F. The van der Waals surface area contributed by atoms with Gasteiger partial charge in [0, 0.05) is 43.4 Å². The monoisotopic (exact) mass is 443 g/mol. The molecule has 2 heterocycles. The molecule has 0 N–H and O–H groups in total. The smallest absolute Gasteiger partial charge is 0.226 e. The van der Waals surface area contributed by atoms with Crippen molar-refractivity contribution in [2.75, 3.05) is 11.9 Å². The second kappa shape index (κ2) is 9.75. The summed E-state index contributed by atoms with van der Waals surface area (Å²) in [7, 11) is 1.39. The summed E-state index contributed by atoms with van der Waals surface area (Å²) in [5.41, 5.74) is 1.11. The van der Waals surface area contributed by atoms with E-state index in [9.17, 15) is 18.4 Å². The maximum Gasteiger partial charge on any atom is 0.226 e. The van der Waals surface area contributed by atoms with Crippen molar-refractivity contribution >= 4 is 29.0 Å². The number of aryl methyl sites for hydroxylation is 1. The van der Waals surface area contributed by atoms with Crippen LogP contribution in [0.1, 0.15) is 35.7 Å². The van der Waals surface area contributed by atoms with Crippen LogP contribution in [0.2, 0.25) is 5.15 Å². The molecule has 5 nitrogen and oxygen atoms in total. The molecule has 0 radical (unpaired) electrons. The Morgan fingerprint density at radius 1 is 1.06 bits per heavy atom. The summed E-state index contributed by atoms with van der Waals surface area (Å²) in [5, 5.41) is 0.357. The molecule has 31 heavy (non-hydrogen) atoms. The van der Waals surface area contributed by atoms with E-state index in [1.54, 1.807) is 25.3 Å². The van der Waals surface area contributed by atoms with E-state index in [2.05, 4.69) is 9.97 Å². The fraction of sp³-hybridized carbons (Fsp3) is 0.217. The summed E-state index contributed by atoms with van der Waals surface area (Å²) in [4.78, 5) is 33.4. The number of Topliss-reactive ketones (excluding diaryl/α,β-unsaturated/α-hetero) is 1. The van der Waals surface area contributed by atoms with Gasteiger partial charge in [-0.15, -0.1) is 0 Å². The number of carbonyl (C=O) groups is 2. The van der Waals surface area contributed by atoms with Crippen molar-refractivity contribution in [1.82, 2.24) is 9.97 Å². The molecule has 0 atom stereocenters. The lowest BCUT2D eigenvalue weighted by atomic mass is 10.0. The Balaban J connectivity index is 1.76. The summed E-state index contributed by atoms with van der Waals surface area (Å²) in [5.74, 6) is -2.72. The number of aromatic nitrogens is 2. The highest BCUT2D eigenvalue weighted by Crippen LogP contribution is 2.29. The van der Waals surface area contributed by atoms with Crippen LogP contribution < -0.4 is 4.90 Å². The van der Waals surface area contributed by atoms with Crippen LogP contribution >= 0.6 is 11.6 Å². The quantitative estimate of drug-likeness (QED) is 0.369.